The number of nitrogens with zero attached hydrogens (tertiary/aromatic N) is 1. The lowest BCUT2D eigenvalue weighted by molar-refractivity contribution is 0.345. The van der Waals surface area contributed by atoms with E-state index >= 15 is 0 Å². The van der Waals surface area contributed by atoms with Crippen molar-refractivity contribution in [3.8, 4) is 0 Å². The highest BCUT2D eigenvalue weighted by Gasteiger charge is 2.26. The first-order valence-electron chi connectivity index (χ1n) is 4.52. The Morgan fingerprint density at radius 2 is 2.46 bits per heavy atom. The normalized spacial score (nSPS) is 27.2. The van der Waals surface area contributed by atoms with Crippen LogP contribution in [0, 0.1) is 6.92 Å². The number of aryl methyl sites for hydroxylation is 1. The molecule has 4 heteroatoms. The molecule has 2 rings (SSSR count). The van der Waals surface area contributed by atoms with Crippen LogP contribution in [0.2, 0.25) is 0 Å². The van der Waals surface area contributed by atoms with E-state index in [-0.39, 0.29) is 0 Å². The van der Waals surface area contributed by atoms with Crippen molar-refractivity contribution in [2.75, 3.05) is 0 Å². The molecule has 0 bridgehead atoms. The van der Waals surface area contributed by atoms with Crippen LogP contribution in [-0.4, -0.2) is 16.4 Å². The van der Waals surface area contributed by atoms with Gasteiger partial charge in [0.15, 0.2) is 0 Å². The molecule has 1 aliphatic carbocycles. The SMILES string of the molecule is Cc1csc(CNC2CC(Cl)C2)n1. The number of alkyl halides is 1. The Balaban J connectivity index is 1.74. The second kappa shape index (κ2) is 3.95. The molecule has 1 fully saturated rings. The zero-order valence-corrected chi connectivity index (χ0v) is 9.16. The van der Waals surface area contributed by atoms with Crippen LogP contribution >= 0.6 is 22.9 Å². The molecule has 0 spiro atoms. The molecule has 0 amide bonds. The van der Waals surface area contributed by atoms with Crippen molar-refractivity contribution >= 4 is 22.9 Å². The number of nitrogens with one attached hydrogen (secondary N) is 1. The van der Waals surface area contributed by atoms with E-state index in [1.54, 1.807) is 11.3 Å². The van der Waals surface area contributed by atoms with Crippen molar-refractivity contribution in [2.45, 2.75) is 37.7 Å². The summed E-state index contributed by atoms with van der Waals surface area (Å²) < 4.78 is 0. The summed E-state index contributed by atoms with van der Waals surface area (Å²) in [5.74, 6) is 0. The molecule has 1 aromatic rings. The summed E-state index contributed by atoms with van der Waals surface area (Å²) in [5.41, 5.74) is 1.12. The third kappa shape index (κ3) is 2.42. The first kappa shape index (κ1) is 9.44. The average molecular weight is 217 g/mol. The van der Waals surface area contributed by atoms with Crippen molar-refractivity contribution in [3.63, 3.8) is 0 Å². The minimum atomic E-state index is 0.399. The number of thiazole rings is 1. The molecule has 1 aliphatic rings. The molecule has 1 heterocycles. The molecule has 0 unspecified atom stereocenters. The molecule has 0 aliphatic heterocycles. The summed E-state index contributed by atoms with van der Waals surface area (Å²) >= 11 is 7.60. The topological polar surface area (TPSA) is 24.9 Å². The molecule has 0 aromatic carbocycles. The summed E-state index contributed by atoms with van der Waals surface area (Å²) in [6.45, 7) is 2.92. The van der Waals surface area contributed by atoms with Gasteiger partial charge in [0.25, 0.3) is 0 Å². The molecule has 13 heavy (non-hydrogen) atoms. The molecule has 72 valence electrons. The molecular formula is C9H13ClN2S. The Morgan fingerprint density at radius 3 is 3.00 bits per heavy atom. The number of aromatic nitrogens is 1. The monoisotopic (exact) mass is 216 g/mol. The van der Waals surface area contributed by atoms with Crippen LogP contribution in [0.15, 0.2) is 5.38 Å². The number of hydrogen-bond acceptors (Lipinski definition) is 3. The van der Waals surface area contributed by atoms with Gasteiger partial charge in [-0.3, -0.25) is 0 Å². The predicted octanol–water partition coefficient (Wildman–Crippen LogP) is 2.31. The van der Waals surface area contributed by atoms with E-state index in [0.29, 0.717) is 11.4 Å². The standard InChI is InChI=1S/C9H13ClN2S/c1-6-5-13-9(12-6)4-11-8-2-7(10)3-8/h5,7-8,11H,2-4H2,1H3. The molecule has 0 atom stereocenters. The van der Waals surface area contributed by atoms with Crippen LogP contribution < -0.4 is 5.32 Å². The highest BCUT2D eigenvalue weighted by atomic mass is 35.5. The molecule has 0 radical (unpaired) electrons. The van der Waals surface area contributed by atoms with Gasteiger partial charge in [-0.25, -0.2) is 4.98 Å². The molecule has 1 N–H and O–H groups in total. The van der Waals surface area contributed by atoms with Crippen LogP contribution in [0.4, 0.5) is 0 Å². The Morgan fingerprint density at radius 1 is 1.69 bits per heavy atom. The zero-order chi connectivity index (χ0) is 9.26. The van der Waals surface area contributed by atoms with Crippen LogP contribution in [-0.2, 0) is 6.54 Å². The van der Waals surface area contributed by atoms with E-state index in [1.165, 1.54) is 5.01 Å². The maximum atomic E-state index is 5.88. The van der Waals surface area contributed by atoms with Gasteiger partial charge in [-0.05, 0) is 19.8 Å². The molecule has 1 saturated carbocycles. The quantitative estimate of drug-likeness (QED) is 0.785. The summed E-state index contributed by atoms with van der Waals surface area (Å²) in [6, 6.07) is 0.617. The van der Waals surface area contributed by atoms with E-state index in [2.05, 4.69) is 15.7 Å². The van der Waals surface area contributed by atoms with E-state index < -0.39 is 0 Å². The predicted molar refractivity (Wildman–Crippen MR) is 56.4 cm³/mol. The Kier molecular flexibility index (Phi) is 2.86. The first-order chi connectivity index (χ1) is 6.24. The molecule has 0 saturated heterocycles. The van der Waals surface area contributed by atoms with Crippen LogP contribution in [0.3, 0.4) is 0 Å². The van der Waals surface area contributed by atoms with Gasteiger partial charge < -0.3 is 5.32 Å². The van der Waals surface area contributed by atoms with Crippen molar-refractivity contribution in [3.05, 3.63) is 16.1 Å². The number of halogens is 1. The van der Waals surface area contributed by atoms with E-state index in [9.17, 15) is 0 Å². The van der Waals surface area contributed by atoms with Gasteiger partial charge in [-0.2, -0.15) is 0 Å². The van der Waals surface area contributed by atoms with Gasteiger partial charge in [0.05, 0.1) is 0 Å². The largest absolute Gasteiger partial charge is 0.308 e. The molecule has 1 aromatic heterocycles. The summed E-state index contributed by atoms with van der Waals surface area (Å²) in [6.07, 6.45) is 2.21. The zero-order valence-electron chi connectivity index (χ0n) is 7.59. The maximum Gasteiger partial charge on any atom is 0.107 e. The van der Waals surface area contributed by atoms with Crippen molar-refractivity contribution < 1.29 is 0 Å². The fourth-order valence-electron chi connectivity index (χ4n) is 1.43. The van der Waals surface area contributed by atoms with Crippen molar-refractivity contribution in [1.29, 1.82) is 0 Å². The third-order valence-electron chi connectivity index (χ3n) is 2.29. The minimum absolute atomic E-state index is 0.399. The van der Waals surface area contributed by atoms with Crippen LogP contribution in [0.1, 0.15) is 23.5 Å². The maximum absolute atomic E-state index is 5.88. The fraction of sp³-hybridized carbons (Fsp3) is 0.667. The molecular weight excluding hydrogens is 204 g/mol. The lowest BCUT2D eigenvalue weighted by Gasteiger charge is -2.31. The van der Waals surface area contributed by atoms with Gasteiger partial charge in [-0.1, -0.05) is 0 Å². The van der Waals surface area contributed by atoms with Gasteiger partial charge >= 0.3 is 0 Å². The van der Waals surface area contributed by atoms with E-state index in [4.69, 9.17) is 11.6 Å². The van der Waals surface area contributed by atoms with Gasteiger partial charge in [0.1, 0.15) is 5.01 Å². The Bertz CT molecular complexity index is 281. The fourth-order valence-corrected chi connectivity index (χ4v) is 2.58. The smallest absolute Gasteiger partial charge is 0.107 e. The highest BCUT2D eigenvalue weighted by molar-refractivity contribution is 7.09. The minimum Gasteiger partial charge on any atom is -0.308 e. The second-order valence-electron chi connectivity index (χ2n) is 3.53. The van der Waals surface area contributed by atoms with Gasteiger partial charge in [0, 0.05) is 29.0 Å². The van der Waals surface area contributed by atoms with E-state index in [1.807, 2.05) is 6.92 Å². The summed E-state index contributed by atoms with van der Waals surface area (Å²) in [7, 11) is 0. The third-order valence-corrected chi connectivity index (χ3v) is 3.61. The van der Waals surface area contributed by atoms with Crippen molar-refractivity contribution in [1.82, 2.24) is 10.3 Å². The molecule has 2 nitrogen and oxygen atoms in total. The first-order valence-corrected chi connectivity index (χ1v) is 5.84. The van der Waals surface area contributed by atoms with Gasteiger partial charge in [0.2, 0.25) is 0 Å². The summed E-state index contributed by atoms with van der Waals surface area (Å²) in [5, 5.41) is 7.10. The average Bonchev–Trinajstić information content (AvgIpc) is 2.43. The highest BCUT2D eigenvalue weighted by Crippen LogP contribution is 2.25. The van der Waals surface area contributed by atoms with Crippen molar-refractivity contribution in [2.24, 2.45) is 0 Å². The second-order valence-corrected chi connectivity index (χ2v) is 5.09. The van der Waals surface area contributed by atoms with Gasteiger partial charge in [-0.15, -0.1) is 22.9 Å². The van der Waals surface area contributed by atoms with E-state index in [0.717, 1.165) is 25.1 Å². The number of hydrogen-bond donors (Lipinski definition) is 1. The summed E-state index contributed by atoms with van der Waals surface area (Å²) in [4.78, 5) is 4.38. The lowest BCUT2D eigenvalue weighted by Crippen LogP contribution is -2.41. The Hall–Kier alpha value is -0.120. The van der Waals surface area contributed by atoms with Crippen LogP contribution in [0.5, 0.6) is 0 Å². The number of rotatable bonds is 3. The lowest BCUT2D eigenvalue weighted by atomic mass is 9.92. The Labute approximate surface area is 87.3 Å². The van der Waals surface area contributed by atoms with Crippen LogP contribution in [0.25, 0.3) is 0 Å².